The van der Waals surface area contributed by atoms with E-state index < -0.39 is 0 Å². The Morgan fingerprint density at radius 1 is 1.19 bits per heavy atom. The van der Waals surface area contributed by atoms with Gasteiger partial charge in [0.15, 0.2) is 0 Å². The van der Waals surface area contributed by atoms with E-state index in [2.05, 4.69) is 40.1 Å². The number of aromatic nitrogens is 1. The summed E-state index contributed by atoms with van der Waals surface area (Å²) in [6, 6.07) is 14.3. The molecule has 0 bridgehead atoms. The number of benzene rings is 1. The number of rotatable bonds is 6. The van der Waals surface area contributed by atoms with Gasteiger partial charge in [-0.25, -0.2) is 4.98 Å². The number of nitrogens with one attached hydrogen (secondary N) is 2. The summed E-state index contributed by atoms with van der Waals surface area (Å²) in [5.74, 6) is -0.211. The van der Waals surface area contributed by atoms with Crippen molar-refractivity contribution in [1.29, 1.82) is 0 Å². The maximum Gasteiger partial charge on any atom is 0.273 e. The Kier molecular flexibility index (Phi) is 6.48. The highest BCUT2D eigenvalue weighted by molar-refractivity contribution is 6.34. The molecule has 1 aromatic heterocycles. The molecule has 1 fully saturated rings. The van der Waals surface area contributed by atoms with Crippen molar-refractivity contribution in [2.45, 2.75) is 31.3 Å². The number of halogens is 2. The number of carbonyl (C=O) groups is 1. The molecule has 2 unspecified atom stereocenters. The standard InChI is InChI=1S/C19H22Cl2N4O/c1-25(19(26)18-15(20)9-10-17(21)22-18)11-5-8-14-12-16(24-23-14)13-6-3-2-4-7-13/h2-4,6-7,9-10,14,16,23-24H,5,8,11-12H2,1H3. The number of pyridine rings is 1. The third kappa shape index (κ3) is 4.74. The molecule has 1 saturated heterocycles. The van der Waals surface area contributed by atoms with Gasteiger partial charge in [0.1, 0.15) is 10.8 Å². The molecule has 138 valence electrons. The number of amides is 1. The van der Waals surface area contributed by atoms with Crippen LogP contribution < -0.4 is 10.9 Å². The molecule has 1 aromatic carbocycles. The maximum atomic E-state index is 12.5. The van der Waals surface area contributed by atoms with Gasteiger partial charge in [0.25, 0.3) is 5.91 Å². The Morgan fingerprint density at radius 2 is 1.96 bits per heavy atom. The van der Waals surface area contributed by atoms with E-state index in [-0.39, 0.29) is 16.8 Å². The Labute approximate surface area is 163 Å². The van der Waals surface area contributed by atoms with Crippen molar-refractivity contribution in [2.75, 3.05) is 13.6 Å². The lowest BCUT2D eigenvalue weighted by molar-refractivity contribution is 0.0786. The second kappa shape index (κ2) is 8.82. The topological polar surface area (TPSA) is 57.3 Å². The third-order valence-corrected chi connectivity index (χ3v) is 5.11. The highest BCUT2D eigenvalue weighted by atomic mass is 35.5. The normalized spacial score (nSPS) is 19.5. The minimum Gasteiger partial charge on any atom is -0.340 e. The van der Waals surface area contributed by atoms with Crippen molar-refractivity contribution >= 4 is 29.1 Å². The molecule has 2 atom stereocenters. The van der Waals surface area contributed by atoms with Crippen LogP contribution in [-0.4, -0.2) is 35.4 Å². The molecule has 0 saturated carbocycles. The second-order valence-electron chi connectivity index (χ2n) is 6.52. The fourth-order valence-corrected chi connectivity index (χ4v) is 3.47. The molecule has 0 spiro atoms. The fourth-order valence-electron chi connectivity index (χ4n) is 3.14. The van der Waals surface area contributed by atoms with Crippen LogP contribution in [0.5, 0.6) is 0 Å². The average molecular weight is 393 g/mol. The molecule has 2 heterocycles. The van der Waals surface area contributed by atoms with E-state index >= 15 is 0 Å². The Bertz CT molecular complexity index is 756. The molecular weight excluding hydrogens is 371 g/mol. The lowest BCUT2D eigenvalue weighted by Crippen LogP contribution is -2.32. The van der Waals surface area contributed by atoms with Crippen LogP contribution in [-0.2, 0) is 0 Å². The second-order valence-corrected chi connectivity index (χ2v) is 7.31. The zero-order valence-corrected chi connectivity index (χ0v) is 16.1. The lowest BCUT2D eigenvalue weighted by atomic mass is 10.00. The number of hydrogen-bond donors (Lipinski definition) is 2. The largest absolute Gasteiger partial charge is 0.340 e. The molecule has 5 nitrogen and oxygen atoms in total. The zero-order chi connectivity index (χ0) is 18.5. The number of carbonyl (C=O) groups excluding carboxylic acids is 1. The van der Waals surface area contributed by atoms with E-state index in [1.54, 1.807) is 24.1 Å². The summed E-state index contributed by atoms with van der Waals surface area (Å²) in [5, 5.41) is 0.581. The first kappa shape index (κ1) is 19.1. The monoisotopic (exact) mass is 392 g/mol. The van der Waals surface area contributed by atoms with Gasteiger partial charge in [0.2, 0.25) is 0 Å². The summed E-state index contributed by atoms with van der Waals surface area (Å²) in [4.78, 5) is 18.2. The number of hydrogen-bond acceptors (Lipinski definition) is 4. The van der Waals surface area contributed by atoms with Crippen LogP contribution >= 0.6 is 23.2 Å². The molecule has 0 aliphatic carbocycles. The van der Waals surface area contributed by atoms with E-state index in [9.17, 15) is 4.79 Å². The van der Waals surface area contributed by atoms with Gasteiger partial charge in [0, 0.05) is 25.7 Å². The van der Waals surface area contributed by atoms with Crippen LogP contribution in [0.25, 0.3) is 0 Å². The van der Waals surface area contributed by atoms with Crippen molar-refractivity contribution < 1.29 is 4.79 Å². The van der Waals surface area contributed by atoms with Gasteiger partial charge in [-0.2, -0.15) is 0 Å². The van der Waals surface area contributed by atoms with Crippen molar-refractivity contribution in [2.24, 2.45) is 0 Å². The summed E-state index contributed by atoms with van der Waals surface area (Å²) in [6.45, 7) is 0.636. The average Bonchev–Trinajstić information content (AvgIpc) is 3.12. The van der Waals surface area contributed by atoms with Crippen LogP contribution in [0.1, 0.15) is 41.4 Å². The number of nitrogens with zero attached hydrogens (tertiary/aromatic N) is 2. The van der Waals surface area contributed by atoms with Gasteiger partial charge in [-0.05, 0) is 37.0 Å². The van der Waals surface area contributed by atoms with Crippen LogP contribution in [0.15, 0.2) is 42.5 Å². The molecule has 26 heavy (non-hydrogen) atoms. The Morgan fingerprint density at radius 3 is 2.73 bits per heavy atom. The Balaban J connectivity index is 1.46. The fraction of sp³-hybridized carbons (Fsp3) is 0.368. The van der Waals surface area contributed by atoms with Crippen molar-refractivity contribution in [1.82, 2.24) is 20.7 Å². The van der Waals surface area contributed by atoms with E-state index in [0.29, 0.717) is 23.7 Å². The summed E-state index contributed by atoms with van der Waals surface area (Å²) in [5.41, 5.74) is 8.19. The predicted molar refractivity (Wildman–Crippen MR) is 104 cm³/mol. The maximum absolute atomic E-state index is 12.5. The van der Waals surface area contributed by atoms with Gasteiger partial charge in [-0.3, -0.25) is 15.6 Å². The molecule has 0 radical (unpaired) electrons. The van der Waals surface area contributed by atoms with E-state index in [0.717, 1.165) is 19.3 Å². The zero-order valence-electron chi connectivity index (χ0n) is 14.6. The van der Waals surface area contributed by atoms with Crippen LogP contribution in [0, 0.1) is 0 Å². The molecule has 2 aromatic rings. The molecule has 3 rings (SSSR count). The predicted octanol–water partition coefficient (Wildman–Crippen LogP) is 3.85. The van der Waals surface area contributed by atoms with E-state index in [1.165, 1.54) is 5.56 Å². The lowest BCUT2D eigenvalue weighted by Gasteiger charge is -2.18. The van der Waals surface area contributed by atoms with E-state index in [1.807, 2.05) is 6.07 Å². The van der Waals surface area contributed by atoms with Crippen LogP contribution in [0.2, 0.25) is 10.2 Å². The molecule has 7 heteroatoms. The van der Waals surface area contributed by atoms with Gasteiger partial charge >= 0.3 is 0 Å². The van der Waals surface area contributed by atoms with Crippen molar-refractivity contribution in [3.8, 4) is 0 Å². The minimum atomic E-state index is -0.211. The summed E-state index contributed by atoms with van der Waals surface area (Å²) in [7, 11) is 1.76. The van der Waals surface area contributed by atoms with Gasteiger partial charge in [-0.1, -0.05) is 53.5 Å². The smallest absolute Gasteiger partial charge is 0.273 e. The first-order chi connectivity index (χ1) is 12.5. The van der Waals surface area contributed by atoms with Gasteiger partial charge in [-0.15, -0.1) is 0 Å². The van der Waals surface area contributed by atoms with Crippen molar-refractivity contribution in [3.05, 3.63) is 63.9 Å². The van der Waals surface area contributed by atoms with Crippen LogP contribution in [0.4, 0.5) is 0 Å². The molecule has 1 aliphatic rings. The summed E-state index contributed by atoms with van der Waals surface area (Å²) < 4.78 is 0. The minimum absolute atomic E-state index is 0.200. The van der Waals surface area contributed by atoms with Gasteiger partial charge in [0.05, 0.1) is 5.02 Å². The number of hydrazine groups is 1. The first-order valence-corrected chi connectivity index (χ1v) is 9.43. The van der Waals surface area contributed by atoms with Crippen molar-refractivity contribution in [3.63, 3.8) is 0 Å². The summed E-state index contributed by atoms with van der Waals surface area (Å²) >= 11 is 11.9. The molecule has 1 aliphatic heterocycles. The first-order valence-electron chi connectivity index (χ1n) is 8.68. The van der Waals surface area contributed by atoms with E-state index in [4.69, 9.17) is 23.2 Å². The van der Waals surface area contributed by atoms with Gasteiger partial charge < -0.3 is 4.90 Å². The highest BCUT2D eigenvalue weighted by Crippen LogP contribution is 2.24. The van der Waals surface area contributed by atoms with Crippen LogP contribution in [0.3, 0.4) is 0 Å². The molecule has 1 amide bonds. The SMILES string of the molecule is CN(CCCC1CC(c2ccccc2)NN1)C(=O)c1nc(Cl)ccc1Cl. The Hall–Kier alpha value is -1.66. The molecule has 2 N–H and O–H groups in total. The quantitative estimate of drug-likeness (QED) is 0.732. The summed E-state index contributed by atoms with van der Waals surface area (Å²) in [6.07, 6.45) is 2.90. The third-order valence-electron chi connectivity index (χ3n) is 4.59. The highest BCUT2D eigenvalue weighted by Gasteiger charge is 2.25. The molecular formula is C19H22Cl2N4O.